The molecule has 0 saturated heterocycles. The molecule has 0 saturated carbocycles. The van der Waals surface area contributed by atoms with Crippen molar-refractivity contribution in [1.29, 1.82) is 0 Å². The van der Waals surface area contributed by atoms with Gasteiger partial charge in [-0.05, 0) is 24.3 Å². The Bertz CT molecular complexity index is 521. The fourth-order valence-corrected chi connectivity index (χ4v) is 2.16. The third-order valence-electron chi connectivity index (χ3n) is 1.93. The van der Waals surface area contributed by atoms with Crippen LogP contribution in [0.15, 0.2) is 40.3 Å². The highest BCUT2D eigenvalue weighted by Gasteiger charge is 2.06. The van der Waals surface area contributed by atoms with Crippen LogP contribution in [0, 0.1) is 5.82 Å². The molecule has 1 heterocycles. The number of ether oxygens (including phenoxy) is 1. The summed E-state index contributed by atoms with van der Waals surface area (Å²) in [5, 5.41) is 8.79. The maximum Gasteiger partial charge on any atom is 0.233 e. The first-order valence-corrected chi connectivity index (χ1v) is 5.89. The van der Waals surface area contributed by atoms with E-state index in [1.807, 2.05) is 0 Å². The van der Waals surface area contributed by atoms with Crippen LogP contribution in [0.2, 0.25) is 5.02 Å². The second-order valence-corrected chi connectivity index (χ2v) is 4.56. The topological polar surface area (TPSA) is 35.0 Å². The summed E-state index contributed by atoms with van der Waals surface area (Å²) in [5.41, 5.74) is 0. The van der Waals surface area contributed by atoms with Crippen LogP contribution in [0.1, 0.15) is 0 Å². The summed E-state index contributed by atoms with van der Waals surface area (Å²) in [5.74, 6) is 0.0831. The first-order chi connectivity index (χ1) is 8.19. The second-order valence-electron chi connectivity index (χ2n) is 3.09. The number of hydrogen-bond donors (Lipinski definition) is 0. The number of rotatable bonds is 3. The molecule has 0 aliphatic rings. The van der Waals surface area contributed by atoms with Crippen molar-refractivity contribution in [2.75, 3.05) is 7.11 Å². The van der Waals surface area contributed by atoms with E-state index in [-0.39, 0.29) is 5.82 Å². The van der Waals surface area contributed by atoms with Gasteiger partial charge < -0.3 is 4.74 Å². The largest absolute Gasteiger partial charge is 0.480 e. The minimum atomic E-state index is -0.361. The third-order valence-corrected chi connectivity index (χ3v) is 3.36. The Kier molecular flexibility index (Phi) is 3.81. The monoisotopic (exact) mass is 270 g/mol. The van der Waals surface area contributed by atoms with Gasteiger partial charge in [0, 0.05) is 11.0 Å². The van der Waals surface area contributed by atoms with Crippen molar-refractivity contribution < 1.29 is 9.13 Å². The van der Waals surface area contributed by atoms with Crippen molar-refractivity contribution in [3.8, 4) is 5.88 Å². The molecule has 0 bridgehead atoms. The molecule has 0 radical (unpaired) electrons. The van der Waals surface area contributed by atoms with Crippen LogP contribution in [-0.2, 0) is 0 Å². The Morgan fingerprint density at radius 3 is 2.65 bits per heavy atom. The van der Waals surface area contributed by atoms with Crippen LogP contribution >= 0.6 is 23.4 Å². The molecule has 2 aromatic rings. The number of aromatic nitrogens is 2. The van der Waals surface area contributed by atoms with Crippen molar-refractivity contribution in [3.63, 3.8) is 0 Å². The number of methoxy groups -OCH3 is 1. The molecule has 88 valence electrons. The van der Waals surface area contributed by atoms with Gasteiger partial charge in [0.25, 0.3) is 0 Å². The SMILES string of the molecule is COc1ccc(Sc2ccc(F)cc2Cl)nn1. The van der Waals surface area contributed by atoms with Crippen molar-refractivity contribution in [3.05, 3.63) is 41.2 Å². The van der Waals surface area contributed by atoms with E-state index < -0.39 is 0 Å². The van der Waals surface area contributed by atoms with Gasteiger partial charge in [-0.15, -0.1) is 10.2 Å². The smallest absolute Gasteiger partial charge is 0.233 e. The van der Waals surface area contributed by atoms with Crippen molar-refractivity contribution in [1.82, 2.24) is 10.2 Å². The van der Waals surface area contributed by atoms with Gasteiger partial charge in [0.15, 0.2) is 0 Å². The van der Waals surface area contributed by atoms with E-state index in [9.17, 15) is 4.39 Å². The van der Waals surface area contributed by atoms with E-state index in [0.717, 1.165) is 4.90 Å². The average molecular weight is 271 g/mol. The predicted molar refractivity (Wildman–Crippen MR) is 64.1 cm³/mol. The standard InChI is InChI=1S/C11H8ClFN2OS/c1-16-10-4-5-11(15-14-10)17-9-3-2-7(13)6-8(9)12/h2-6H,1H3. The predicted octanol–water partition coefficient (Wildman–Crippen LogP) is 3.43. The van der Waals surface area contributed by atoms with Gasteiger partial charge in [-0.2, -0.15) is 0 Å². The van der Waals surface area contributed by atoms with Gasteiger partial charge in [0.2, 0.25) is 5.88 Å². The Labute approximate surface area is 107 Å². The third kappa shape index (κ3) is 3.08. The summed E-state index contributed by atoms with van der Waals surface area (Å²) in [6.07, 6.45) is 0. The summed E-state index contributed by atoms with van der Waals surface area (Å²) in [6.45, 7) is 0. The van der Waals surface area contributed by atoms with E-state index in [2.05, 4.69) is 10.2 Å². The zero-order chi connectivity index (χ0) is 12.3. The number of nitrogens with zero attached hydrogens (tertiary/aromatic N) is 2. The molecule has 0 amide bonds. The summed E-state index contributed by atoms with van der Waals surface area (Å²) >= 11 is 7.22. The van der Waals surface area contributed by atoms with E-state index in [0.29, 0.717) is 15.9 Å². The maximum absolute atomic E-state index is 12.8. The summed E-state index contributed by atoms with van der Waals surface area (Å²) in [4.78, 5) is 0.729. The molecule has 3 nitrogen and oxygen atoms in total. The molecule has 0 fully saturated rings. The fraction of sp³-hybridized carbons (Fsp3) is 0.0909. The summed E-state index contributed by atoms with van der Waals surface area (Å²) in [6, 6.07) is 7.68. The van der Waals surface area contributed by atoms with Crippen LogP contribution in [0.5, 0.6) is 5.88 Å². The highest BCUT2D eigenvalue weighted by molar-refractivity contribution is 7.99. The molecular weight excluding hydrogens is 263 g/mol. The lowest BCUT2D eigenvalue weighted by molar-refractivity contribution is 0.390. The number of benzene rings is 1. The average Bonchev–Trinajstić information content (AvgIpc) is 2.34. The molecule has 0 spiro atoms. The lowest BCUT2D eigenvalue weighted by Gasteiger charge is -2.03. The van der Waals surface area contributed by atoms with E-state index in [1.54, 1.807) is 18.2 Å². The van der Waals surface area contributed by atoms with Gasteiger partial charge in [-0.25, -0.2) is 4.39 Å². The zero-order valence-electron chi connectivity index (χ0n) is 8.85. The number of halogens is 2. The quantitative estimate of drug-likeness (QED) is 0.856. The van der Waals surface area contributed by atoms with Gasteiger partial charge in [0.05, 0.1) is 12.1 Å². The normalized spacial score (nSPS) is 10.3. The van der Waals surface area contributed by atoms with E-state index in [1.165, 1.54) is 31.0 Å². The molecule has 17 heavy (non-hydrogen) atoms. The fourth-order valence-electron chi connectivity index (χ4n) is 1.14. The van der Waals surface area contributed by atoms with Gasteiger partial charge in [-0.3, -0.25) is 0 Å². The van der Waals surface area contributed by atoms with Crippen LogP contribution in [-0.4, -0.2) is 17.3 Å². The second kappa shape index (κ2) is 5.33. The van der Waals surface area contributed by atoms with Crippen LogP contribution < -0.4 is 4.74 Å². The molecule has 1 aromatic heterocycles. The highest BCUT2D eigenvalue weighted by atomic mass is 35.5. The molecule has 0 aliphatic heterocycles. The first-order valence-electron chi connectivity index (χ1n) is 4.69. The zero-order valence-corrected chi connectivity index (χ0v) is 10.4. The lowest BCUT2D eigenvalue weighted by atomic mass is 10.3. The Morgan fingerprint density at radius 2 is 2.06 bits per heavy atom. The molecule has 0 atom stereocenters. The van der Waals surface area contributed by atoms with Gasteiger partial charge >= 0.3 is 0 Å². The summed E-state index contributed by atoms with van der Waals surface area (Å²) < 4.78 is 17.7. The van der Waals surface area contributed by atoms with Crippen LogP contribution in [0.3, 0.4) is 0 Å². The molecule has 1 aromatic carbocycles. The Balaban J connectivity index is 2.19. The Morgan fingerprint density at radius 1 is 1.24 bits per heavy atom. The summed E-state index contributed by atoms with van der Waals surface area (Å²) in [7, 11) is 1.52. The molecular formula is C11H8ClFN2OS. The highest BCUT2D eigenvalue weighted by Crippen LogP contribution is 2.32. The van der Waals surface area contributed by atoms with Crippen LogP contribution in [0.25, 0.3) is 0 Å². The van der Waals surface area contributed by atoms with Gasteiger partial charge in [0.1, 0.15) is 10.8 Å². The Hall–Kier alpha value is -1.33. The molecule has 0 aliphatic carbocycles. The van der Waals surface area contributed by atoms with E-state index >= 15 is 0 Å². The maximum atomic E-state index is 12.8. The lowest BCUT2D eigenvalue weighted by Crippen LogP contribution is -1.90. The number of hydrogen-bond acceptors (Lipinski definition) is 4. The molecule has 6 heteroatoms. The minimum Gasteiger partial charge on any atom is -0.480 e. The first kappa shape index (κ1) is 12.1. The van der Waals surface area contributed by atoms with Crippen molar-refractivity contribution in [2.24, 2.45) is 0 Å². The molecule has 0 unspecified atom stereocenters. The van der Waals surface area contributed by atoms with Gasteiger partial charge in [-0.1, -0.05) is 23.4 Å². The van der Waals surface area contributed by atoms with Crippen LogP contribution in [0.4, 0.5) is 4.39 Å². The minimum absolute atomic E-state index is 0.354. The molecule has 2 rings (SSSR count). The van der Waals surface area contributed by atoms with Crippen molar-refractivity contribution >= 4 is 23.4 Å². The van der Waals surface area contributed by atoms with Crippen molar-refractivity contribution in [2.45, 2.75) is 9.92 Å². The molecule has 0 N–H and O–H groups in total. The van der Waals surface area contributed by atoms with E-state index in [4.69, 9.17) is 16.3 Å².